The van der Waals surface area contributed by atoms with Crippen LogP contribution in [-0.2, 0) is 0 Å². The number of hydrogen-bond donors (Lipinski definition) is 2. The lowest BCUT2D eigenvalue weighted by Gasteiger charge is -2.05. The van der Waals surface area contributed by atoms with E-state index in [1.165, 1.54) is 12.1 Å². The Kier molecular flexibility index (Phi) is 3.82. The van der Waals surface area contributed by atoms with Gasteiger partial charge in [0.05, 0.1) is 5.56 Å². The molecule has 0 aromatic heterocycles. The fraction of sp³-hybridized carbons (Fsp3) is 0. The zero-order valence-corrected chi connectivity index (χ0v) is 13.5. The predicted octanol–water partition coefficient (Wildman–Crippen LogP) is 4.51. The van der Waals surface area contributed by atoms with Gasteiger partial charge in [-0.3, -0.25) is 4.79 Å². The normalized spacial score (nSPS) is 14.2. The molecular weight excluding hydrogens is 332 g/mol. The first-order chi connectivity index (χ1) is 12.6. The molecule has 5 heteroatoms. The fourth-order valence-corrected chi connectivity index (χ4v) is 2.64. The minimum atomic E-state index is -0.439. The third-order valence-electron chi connectivity index (χ3n) is 3.95. The van der Waals surface area contributed by atoms with Crippen LogP contribution >= 0.6 is 0 Å². The van der Waals surface area contributed by atoms with Gasteiger partial charge in [0, 0.05) is 0 Å². The molecule has 1 aliphatic heterocycles. The Morgan fingerprint density at radius 1 is 0.846 bits per heavy atom. The molecule has 1 aliphatic rings. The van der Waals surface area contributed by atoms with Gasteiger partial charge >= 0.3 is 0 Å². The van der Waals surface area contributed by atoms with E-state index >= 15 is 0 Å². The van der Waals surface area contributed by atoms with Crippen LogP contribution in [0.1, 0.15) is 15.9 Å². The van der Waals surface area contributed by atoms with Crippen LogP contribution in [0.2, 0.25) is 0 Å². The van der Waals surface area contributed by atoms with Gasteiger partial charge in [-0.15, -0.1) is 0 Å². The van der Waals surface area contributed by atoms with Gasteiger partial charge in [0.15, 0.2) is 17.3 Å². The van der Waals surface area contributed by atoms with Crippen LogP contribution in [0, 0.1) is 0 Å². The largest absolute Gasteiger partial charge is 0.504 e. The summed E-state index contributed by atoms with van der Waals surface area (Å²) in [6.45, 7) is 0. The minimum Gasteiger partial charge on any atom is -0.504 e. The second-order valence-electron chi connectivity index (χ2n) is 5.73. The molecule has 2 N–H and O–H groups in total. The van der Waals surface area contributed by atoms with E-state index in [-0.39, 0.29) is 28.6 Å². The number of carbonyl (C=O) groups excluding carboxylic acids is 1. The topological polar surface area (TPSA) is 76.0 Å². The number of aromatic hydroxyl groups is 2. The van der Waals surface area contributed by atoms with Crippen molar-refractivity contribution in [1.82, 2.24) is 0 Å². The van der Waals surface area contributed by atoms with Crippen LogP contribution in [0.15, 0.2) is 72.5 Å². The molecule has 4 rings (SSSR count). The Morgan fingerprint density at radius 3 is 2.27 bits per heavy atom. The van der Waals surface area contributed by atoms with Crippen LogP contribution in [0.3, 0.4) is 0 Å². The fourth-order valence-electron chi connectivity index (χ4n) is 2.64. The molecule has 0 bridgehead atoms. The van der Waals surface area contributed by atoms with Crippen molar-refractivity contribution in [2.45, 2.75) is 0 Å². The van der Waals surface area contributed by atoms with E-state index in [0.29, 0.717) is 5.75 Å². The maximum atomic E-state index is 12.4. The van der Waals surface area contributed by atoms with Crippen molar-refractivity contribution in [2.24, 2.45) is 0 Å². The smallest absolute Gasteiger partial charge is 0.232 e. The first kappa shape index (κ1) is 15.8. The monoisotopic (exact) mass is 346 g/mol. The van der Waals surface area contributed by atoms with Crippen LogP contribution in [0.25, 0.3) is 6.08 Å². The van der Waals surface area contributed by atoms with E-state index in [0.717, 1.165) is 11.3 Å². The van der Waals surface area contributed by atoms with E-state index in [2.05, 4.69) is 0 Å². The number of Topliss-reactive ketones (excluding diaryl/α,β-unsaturated/α-hetero) is 1. The average molecular weight is 346 g/mol. The SMILES string of the molecule is O=C1/C(=C/c2ccc(Oc3ccccc3)cc2)Oc2c1ccc(O)c2O. The molecule has 0 unspecified atom stereocenters. The molecule has 1 heterocycles. The summed E-state index contributed by atoms with van der Waals surface area (Å²) in [6.07, 6.45) is 1.57. The maximum absolute atomic E-state index is 12.4. The van der Waals surface area contributed by atoms with Crippen molar-refractivity contribution in [3.05, 3.63) is 83.6 Å². The number of benzene rings is 3. The summed E-state index contributed by atoms with van der Waals surface area (Å²) in [7, 11) is 0. The van der Waals surface area contributed by atoms with E-state index in [4.69, 9.17) is 9.47 Å². The van der Waals surface area contributed by atoms with E-state index in [1.54, 1.807) is 30.3 Å². The number of allylic oxidation sites excluding steroid dienone is 1. The zero-order chi connectivity index (χ0) is 18.1. The van der Waals surface area contributed by atoms with Crippen LogP contribution < -0.4 is 9.47 Å². The highest BCUT2D eigenvalue weighted by atomic mass is 16.5. The molecular formula is C21H14O5. The number of para-hydroxylation sites is 1. The highest BCUT2D eigenvalue weighted by Gasteiger charge is 2.31. The summed E-state index contributed by atoms with van der Waals surface area (Å²) in [5.74, 6) is 0.343. The molecule has 3 aromatic carbocycles. The van der Waals surface area contributed by atoms with Gasteiger partial charge in [0.1, 0.15) is 11.5 Å². The lowest BCUT2D eigenvalue weighted by Crippen LogP contribution is -1.97. The third-order valence-corrected chi connectivity index (χ3v) is 3.95. The van der Waals surface area contributed by atoms with Gasteiger partial charge < -0.3 is 19.7 Å². The molecule has 0 amide bonds. The van der Waals surface area contributed by atoms with E-state index < -0.39 is 5.75 Å². The Bertz CT molecular complexity index is 1000. The van der Waals surface area contributed by atoms with Crippen LogP contribution in [0.5, 0.6) is 28.7 Å². The van der Waals surface area contributed by atoms with Gasteiger partial charge in [0.2, 0.25) is 11.5 Å². The van der Waals surface area contributed by atoms with Gasteiger partial charge in [-0.05, 0) is 48.0 Å². The van der Waals surface area contributed by atoms with Gasteiger partial charge in [-0.2, -0.15) is 0 Å². The molecule has 0 spiro atoms. The van der Waals surface area contributed by atoms with Crippen molar-refractivity contribution in [3.8, 4) is 28.7 Å². The Hall–Kier alpha value is -3.73. The molecule has 0 radical (unpaired) electrons. The Labute approximate surface area is 149 Å². The maximum Gasteiger partial charge on any atom is 0.232 e. The number of carbonyl (C=O) groups is 1. The lowest BCUT2D eigenvalue weighted by atomic mass is 10.1. The lowest BCUT2D eigenvalue weighted by molar-refractivity contribution is 0.101. The summed E-state index contributed by atoms with van der Waals surface area (Å²) in [5, 5.41) is 19.3. The molecule has 0 fully saturated rings. The molecule has 128 valence electrons. The summed E-state index contributed by atoms with van der Waals surface area (Å²) in [6, 6.07) is 19.3. The number of rotatable bonds is 3. The molecule has 0 saturated heterocycles. The first-order valence-corrected chi connectivity index (χ1v) is 7.94. The van der Waals surface area contributed by atoms with Crippen molar-refractivity contribution < 1.29 is 24.5 Å². The van der Waals surface area contributed by atoms with Crippen molar-refractivity contribution >= 4 is 11.9 Å². The van der Waals surface area contributed by atoms with E-state index in [9.17, 15) is 15.0 Å². The van der Waals surface area contributed by atoms with Gasteiger partial charge in [0.25, 0.3) is 0 Å². The average Bonchev–Trinajstić information content (AvgIpc) is 2.97. The number of ether oxygens (including phenoxy) is 2. The van der Waals surface area contributed by atoms with Crippen molar-refractivity contribution in [3.63, 3.8) is 0 Å². The number of ketones is 1. The van der Waals surface area contributed by atoms with Gasteiger partial charge in [-0.1, -0.05) is 30.3 Å². The quantitative estimate of drug-likeness (QED) is 0.539. The molecule has 0 saturated carbocycles. The number of hydrogen-bond acceptors (Lipinski definition) is 5. The number of fused-ring (bicyclic) bond motifs is 1. The van der Waals surface area contributed by atoms with Crippen LogP contribution in [0.4, 0.5) is 0 Å². The Balaban J connectivity index is 1.56. The third kappa shape index (κ3) is 2.86. The van der Waals surface area contributed by atoms with Gasteiger partial charge in [-0.25, -0.2) is 0 Å². The number of phenolic OH excluding ortho intramolecular Hbond substituents is 2. The summed E-state index contributed by atoms with van der Waals surface area (Å²) >= 11 is 0. The predicted molar refractivity (Wildman–Crippen MR) is 95.7 cm³/mol. The highest BCUT2D eigenvalue weighted by molar-refractivity contribution is 6.15. The van der Waals surface area contributed by atoms with Crippen molar-refractivity contribution in [2.75, 3.05) is 0 Å². The number of phenols is 2. The van der Waals surface area contributed by atoms with E-state index in [1.807, 2.05) is 30.3 Å². The Morgan fingerprint density at radius 2 is 1.54 bits per heavy atom. The van der Waals surface area contributed by atoms with Crippen molar-refractivity contribution in [1.29, 1.82) is 0 Å². The summed E-state index contributed by atoms with van der Waals surface area (Å²) < 4.78 is 11.2. The summed E-state index contributed by atoms with van der Waals surface area (Å²) in [5.41, 5.74) is 0.959. The standard InChI is InChI=1S/C21H14O5/c22-17-11-10-16-19(23)18(26-21(16)20(17)24)12-13-6-8-15(9-7-13)25-14-4-2-1-3-5-14/h1-12,22,24H/b18-12-. The molecule has 5 nitrogen and oxygen atoms in total. The zero-order valence-electron chi connectivity index (χ0n) is 13.5. The molecule has 26 heavy (non-hydrogen) atoms. The first-order valence-electron chi connectivity index (χ1n) is 7.94. The minimum absolute atomic E-state index is 0.0229. The highest BCUT2D eigenvalue weighted by Crippen LogP contribution is 2.44. The molecule has 3 aromatic rings. The second kappa shape index (κ2) is 6.29. The second-order valence-corrected chi connectivity index (χ2v) is 5.73. The molecule has 0 aliphatic carbocycles. The van der Waals surface area contributed by atoms with Crippen LogP contribution in [-0.4, -0.2) is 16.0 Å². The summed E-state index contributed by atoms with van der Waals surface area (Å²) in [4.78, 5) is 12.4. The molecule has 0 atom stereocenters.